The zero-order valence-electron chi connectivity index (χ0n) is 13.1. The number of hydrogen-bond acceptors (Lipinski definition) is 2. The fourth-order valence-electron chi connectivity index (χ4n) is 3.90. The minimum atomic E-state index is -0.0184. The van der Waals surface area contributed by atoms with Gasteiger partial charge in [-0.3, -0.25) is 9.69 Å². The molecular formula is C17H23Cl3N2O. The maximum atomic E-state index is 12.2. The van der Waals surface area contributed by atoms with Gasteiger partial charge in [0.15, 0.2) is 0 Å². The number of para-hydroxylation sites is 1. The molecule has 23 heavy (non-hydrogen) atoms. The molecule has 3 rings (SSSR count). The van der Waals surface area contributed by atoms with Crippen LogP contribution in [0.4, 0.5) is 5.69 Å². The van der Waals surface area contributed by atoms with Gasteiger partial charge in [-0.15, -0.1) is 12.4 Å². The molecule has 1 aliphatic heterocycles. The molecule has 1 amide bonds. The number of rotatable bonds is 4. The molecule has 0 unspecified atom stereocenters. The van der Waals surface area contributed by atoms with Crippen LogP contribution in [0, 0.1) is 5.92 Å². The molecule has 1 heterocycles. The first-order valence-electron chi connectivity index (χ1n) is 8.13. The van der Waals surface area contributed by atoms with Crippen LogP contribution < -0.4 is 5.32 Å². The van der Waals surface area contributed by atoms with Gasteiger partial charge in [0.05, 0.1) is 15.7 Å². The second-order valence-electron chi connectivity index (χ2n) is 6.33. The molecule has 2 atom stereocenters. The molecular weight excluding hydrogens is 355 g/mol. The van der Waals surface area contributed by atoms with E-state index in [4.69, 9.17) is 23.2 Å². The third-order valence-corrected chi connectivity index (χ3v) is 5.59. The Kier molecular flexibility index (Phi) is 7.02. The first-order valence-corrected chi connectivity index (χ1v) is 8.88. The smallest absolute Gasteiger partial charge is 0.225 e. The Labute approximate surface area is 154 Å². The molecule has 2 aliphatic rings. The number of benzene rings is 1. The van der Waals surface area contributed by atoms with E-state index in [-0.39, 0.29) is 18.3 Å². The number of halogens is 3. The van der Waals surface area contributed by atoms with Gasteiger partial charge in [-0.2, -0.15) is 0 Å². The largest absolute Gasteiger partial charge is 0.324 e. The number of likely N-dealkylation sites (tertiary alicyclic amines) is 1. The van der Waals surface area contributed by atoms with E-state index in [0.29, 0.717) is 28.2 Å². The topological polar surface area (TPSA) is 32.3 Å². The molecule has 0 bridgehead atoms. The van der Waals surface area contributed by atoms with Crippen molar-refractivity contribution in [3.63, 3.8) is 0 Å². The molecule has 1 aromatic carbocycles. The van der Waals surface area contributed by atoms with E-state index in [1.54, 1.807) is 18.2 Å². The number of carbonyl (C=O) groups excluding carboxylic acids is 1. The SMILES string of the molecule is Cl.O=C(CCN1CCC[C@@H]2CCC[C@@H]21)Nc1c(Cl)cccc1Cl. The fraction of sp³-hybridized carbons (Fsp3) is 0.588. The second-order valence-corrected chi connectivity index (χ2v) is 7.15. The van der Waals surface area contributed by atoms with E-state index in [2.05, 4.69) is 10.2 Å². The fourth-order valence-corrected chi connectivity index (χ4v) is 4.39. The highest BCUT2D eigenvalue weighted by Gasteiger charge is 2.34. The van der Waals surface area contributed by atoms with Crippen LogP contribution in [0.25, 0.3) is 0 Å². The summed E-state index contributed by atoms with van der Waals surface area (Å²) in [6.45, 7) is 1.95. The summed E-state index contributed by atoms with van der Waals surface area (Å²) in [4.78, 5) is 14.7. The maximum Gasteiger partial charge on any atom is 0.225 e. The summed E-state index contributed by atoms with van der Waals surface area (Å²) in [5.74, 6) is 0.838. The van der Waals surface area contributed by atoms with Crippen LogP contribution in [0.1, 0.15) is 38.5 Å². The van der Waals surface area contributed by atoms with Gasteiger partial charge in [0, 0.05) is 19.0 Å². The van der Waals surface area contributed by atoms with E-state index < -0.39 is 0 Å². The van der Waals surface area contributed by atoms with Crippen molar-refractivity contribution in [2.24, 2.45) is 5.92 Å². The number of amides is 1. The van der Waals surface area contributed by atoms with Gasteiger partial charge in [-0.05, 0) is 50.3 Å². The minimum absolute atomic E-state index is 0. The molecule has 0 spiro atoms. The van der Waals surface area contributed by atoms with E-state index in [1.807, 2.05) is 0 Å². The van der Waals surface area contributed by atoms with Crippen LogP contribution >= 0.6 is 35.6 Å². The summed E-state index contributed by atoms with van der Waals surface area (Å²) >= 11 is 12.2. The van der Waals surface area contributed by atoms with Crippen molar-refractivity contribution in [1.29, 1.82) is 0 Å². The van der Waals surface area contributed by atoms with Gasteiger partial charge in [0.1, 0.15) is 0 Å². The van der Waals surface area contributed by atoms with Gasteiger partial charge >= 0.3 is 0 Å². The molecule has 2 fully saturated rings. The van der Waals surface area contributed by atoms with Gasteiger partial charge in [-0.1, -0.05) is 35.7 Å². The summed E-state index contributed by atoms with van der Waals surface area (Å²) in [7, 11) is 0. The molecule has 1 aliphatic carbocycles. The Balaban J connectivity index is 0.00000192. The molecule has 128 valence electrons. The highest BCUT2D eigenvalue weighted by Crippen LogP contribution is 2.36. The summed E-state index contributed by atoms with van der Waals surface area (Å²) in [5.41, 5.74) is 0.522. The number of nitrogens with zero attached hydrogens (tertiary/aromatic N) is 1. The quantitative estimate of drug-likeness (QED) is 0.800. The number of piperidine rings is 1. The summed E-state index contributed by atoms with van der Waals surface area (Å²) in [6, 6.07) is 5.94. The average molecular weight is 378 g/mol. The molecule has 1 saturated carbocycles. The standard InChI is InChI=1S/C17H22Cl2N2O.ClH/c18-13-6-2-7-14(19)17(13)20-16(22)9-11-21-10-3-5-12-4-1-8-15(12)21;/h2,6-7,12,15H,1,3-5,8-11H2,(H,20,22);1H/t12-,15-;/m0./s1. The molecule has 1 saturated heterocycles. The van der Waals surface area contributed by atoms with E-state index in [0.717, 1.165) is 19.0 Å². The first kappa shape index (κ1) is 18.9. The number of fused-ring (bicyclic) bond motifs is 1. The van der Waals surface area contributed by atoms with Gasteiger partial charge < -0.3 is 5.32 Å². The number of carbonyl (C=O) groups is 1. The number of hydrogen-bond donors (Lipinski definition) is 1. The van der Waals surface area contributed by atoms with Crippen molar-refractivity contribution in [2.75, 3.05) is 18.4 Å². The van der Waals surface area contributed by atoms with Crippen LogP contribution in [0.2, 0.25) is 10.0 Å². The van der Waals surface area contributed by atoms with Crippen molar-refractivity contribution >= 4 is 47.2 Å². The Morgan fingerprint density at radius 2 is 1.87 bits per heavy atom. The Morgan fingerprint density at radius 3 is 2.61 bits per heavy atom. The van der Waals surface area contributed by atoms with Crippen molar-refractivity contribution in [3.8, 4) is 0 Å². The van der Waals surface area contributed by atoms with Crippen molar-refractivity contribution in [2.45, 2.75) is 44.6 Å². The van der Waals surface area contributed by atoms with Crippen LogP contribution in [-0.2, 0) is 4.79 Å². The molecule has 1 N–H and O–H groups in total. The lowest BCUT2D eigenvalue weighted by molar-refractivity contribution is -0.116. The lowest BCUT2D eigenvalue weighted by Crippen LogP contribution is -2.43. The normalized spacial score (nSPS) is 23.9. The van der Waals surface area contributed by atoms with Crippen LogP contribution in [0.15, 0.2) is 18.2 Å². The monoisotopic (exact) mass is 376 g/mol. The van der Waals surface area contributed by atoms with Crippen molar-refractivity contribution in [3.05, 3.63) is 28.2 Å². The van der Waals surface area contributed by atoms with E-state index in [1.165, 1.54) is 32.1 Å². The lowest BCUT2D eigenvalue weighted by atomic mass is 9.92. The first-order chi connectivity index (χ1) is 10.6. The number of anilines is 1. The highest BCUT2D eigenvalue weighted by molar-refractivity contribution is 6.39. The van der Waals surface area contributed by atoms with Crippen LogP contribution in [0.3, 0.4) is 0 Å². The third kappa shape index (κ3) is 4.54. The van der Waals surface area contributed by atoms with Gasteiger partial charge in [-0.25, -0.2) is 0 Å². The molecule has 0 radical (unpaired) electrons. The minimum Gasteiger partial charge on any atom is -0.324 e. The van der Waals surface area contributed by atoms with Crippen molar-refractivity contribution < 1.29 is 4.79 Å². The van der Waals surface area contributed by atoms with Gasteiger partial charge in [0.2, 0.25) is 5.91 Å². The Hall–Kier alpha value is -0.480. The van der Waals surface area contributed by atoms with Crippen LogP contribution in [-0.4, -0.2) is 29.9 Å². The van der Waals surface area contributed by atoms with E-state index >= 15 is 0 Å². The zero-order valence-corrected chi connectivity index (χ0v) is 15.4. The third-order valence-electron chi connectivity index (χ3n) is 4.96. The van der Waals surface area contributed by atoms with Crippen molar-refractivity contribution in [1.82, 2.24) is 4.90 Å². The zero-order chi connectivity index (χ0) is 15.5. The lowest BCUT2D eigenvalue weighted by Gasteiger charge is -2.37. The number of nitrogens with one attached hydrogen (secondary N) is 1. The predicted octanol–water partition coefficient (Wildman–Crippen LogP) is 5.01. The molecule has 6 heteroatoms. The molecule has 1 aromatic rings. The highest BCUT2D eigenvalue weighted by atomic mass is 35.5. The molecule has 3 nitrogen and oxygen atoms in total. The molecule has 0 aromatic heterocycles. The van der Waals surface area contributed by atoms with Gasteiger partial charge in [0.25, 0.3) is 0 Å². The Bertz CT molecular complexity index is 532. The predicted molar refractivity (Wildman–Crippen MR) is 98.9 cm³/mol. The Morgan fingerprint density at radius 1 is 1.17 bits per heavy atom. The maximum absolute atomic E-state index is 12.2. The van der Waals surface area contributed by atoms with Crippen LogP contribution in [0.5, 0.6) is 0 Å². The average Bonchev–Trinajstić information content (AvgIpc) is 2.98. The summed E-state index contributed by atoms with van der Waals surface area (Å²) < 4.78 is 0. The van der Waals surface area contributed by atoms with E-state index in [9.17, 15) is 4.79 Å². The summed E-state index contributed by atoms with van der Waals surface area (Å²) in [6.07, 6.45) is 7.12. The summed E-state index contributed by atoms with van der Waals surface area (Å²) in [5, 5.41) is 3.81. The second kappa shape index (κ2) is 8.57.